The fourth-order valence-corrected chi connectivity index (χ4v) is 2.46. The molecule has 2 rings (SSSR count). The molecule has 1 atom stereocenters. The topological polar surface area (TPSA) is 41.6 Å². The number of hydrogen-bond acceptors (Lipinski definition) is 3. The van der Waals surface area contributed by atoms with Gasteiger partial charge in [0.1, 0.15) is 5.75 Å². The van der Waals surface area contributed by atoms with Crippen molar-refractivity contribution in [3.05, 3.63) is 29.8 Å². The summed E-state index contributed by atoms with van der Waals surface area (Å²) in [7, 11) is 1.88. The Morgan fingerprint density at radius 1 is 1.52 bits per heavy atom. The van der Waals surface area contributed by atoms with Gasteiger partial charge in [0.2, 0.25) is 0 Å². The summed E-state index contributed by atoms with van der Waals surface area (Å²) in [4.78, 5) is 14.1. The smallest absolute Gasteiger partial charge is 0.387 e. The van der Waals surface area contributed by atoms with E-state index in [0.29, 0.717) is 24.6 Å². The molecule has 21 heavy (non-hydrogen) atoms. The van der Waals surface area contributed by atoms with Crippen molar-refractivity contribution in [1.82, 2.24) is 10.2 Å². The van der Waals surface area contributed by atoms with Crippen LogP contribution in [0.15, 0.2) is 24.3 Å². The summed E-state index contributed by atoms with van der Waals surface area (Å²) >= 11 is 0. The van der Waals surface area contributed by atoms with Crippen molar-refractivity contribution in [2.24, 2.45) is 5.92 Å². The van der Waals surface area contributed by atoms with Gasteiger partial charge < -0.3 is 15.0 Å². The Bertz CT molecular complexity index is 474. The molecule has 0 aliphatic carbocycles. The van der Waals surface area contributed by atoms with Gasteiger partial charge in [-0.3, -0.25) is 4.79 Å². The zero-order valence-corrected chi connectivity index (χ0v) is 12.5. The van der Waals surface area contributed by atoms with Crippen molar-refractivity contribution in [1.29, 1.82) is 0 Å². The zero-order valence-electron chi connectivity index (χ0n) is 11.7. The van der Waals surface area contributed by atoms with Crippen LogP contribution < -0.4 is 10.1 Å². The Hall–Kier alpha value is -1.40. The molecule has 0 saturated carbocycles. The molecule has 1 aromatic rings. The molecule has 1 N–H and O–H groups in total. The van der Waals surface area contributed by atoms with Gasteiger partial charge in [0.25, 0.3) is 5.91 Å². The third kappa shape index (κ3) is 4.82. The van der Waals surface area contributed by atoms with E-state index in [2.05, 4.69) is 10.1 Å². The number of carbonyl (C=O) groups excluding carboxylic acids is 1. The minimum atomic E-state index is -2.88. The second-order valence-corrected chi connectivity index (χ2v) is 4.87. The van der Waals surface area contributed by atoms with Gasteiger partial charge in [0.15, 0.2) is 0 Å². The number of halogens is 3. The highest BCUT2D eigenvalue weighted by Gasteiger charge is 2.26. The second-order valence-electron chi connectivity index (χ2n) is 4.87. The highest BCUT2D eigenvalue weighted by atomic mass is 35.5. The van der Waals surface area contributed by atoms with Crippen LogP contribution in [0.1, 0.15) is 16.8 Å². The lowest BCUT2D eigenvalue weighted by molar-refractivity contribution is -0.0499. The standard InChI is InChI=1S/C14H18F2N2O2.ClH/c1-17-8-10-5-6-18(9-10)13(19)11-3-2-4-12(7-11)20-14(15)16;/h2-4,7,10,14,17H,5-6,8-9H2,1H3;1H. The van der Waals surface area contributed by atoms with Gasteiger partial charge in [0, 0.05) is 18.7 Å². The van der Waals surface area contributed by atoms with Crippen molar-refractivity contribution in [2.75, 3.05) is 26.7 Å². The van der Waals surface area contributed by atoms with Crippen molar-refractivity contribution in [3.8, 4) is 5.75 Å². The molecular formula is C14H19ClF2N2O2. The Labute approximate surface area is 128 Å². The number of likely N-dealkylation sites (tertiary alicyclic amines) is 1. The second kappa shape index (κ2) is 8.14. The molecule has 0 spiro atoms. The third-order valence-electron chi connectivity index (χ3n) is 3.37. The molecule has 0 radical (unpaired) electrons. The van der Waals surface area contributed by atoms with E-state index in [4.69, 9.17) is 0 Å². The maximum atomic E-state index is 12.3. The van der Waals surface area contributed by atoms with E-state index < -0.39 is 6.61 Å². The largest absolute Gasteiger partial charge is 0.435 e. The maximum Gasteiger partial charge on any atom is 0.387 e. The van der Waals surface area contributed by atoms with Crippen LogP contribution in [0.3, 0.4) is 0 Å². The van der Waals surface area contributed by atoms with Gasteiger partial charge in [-0.15, -0.1) is 12.4 Å². The number of carbonyl (C=O) groups is 1. The van der Waals surface area contributed by atoms with E-state index in [9.17, 15) is 13.6 Å². The molecule has 1 aliphatic rings. The van der Waals surface area contributed by atoms with Crippen LogP contribution >= 0.6 is 12.4 Å². The van der Waals surface area contributed by atoms with Crippen molar-refractivity contribution < 1.29 is 18.3 Å². The minimum absolute atomic E-state index is 0. The summed E-state index contributed by atoms with van der Waals surface area (Å²) in [6.45, 7) is -0.615. The normalized spacial score (nSPS) is 17.7. The van der Waals surface area contributed by atoms with Crippen LogP contribution in [0.25, 0.3) is 0 Å². The summed E-state index contributed by atoms with van der Waals surface area (Å²) in [5.74, 6) is 0.324. The van der Waals surface area contributed by atoms with E-state index in [1.165, 1.54) is 12.1 Å². The lowest BCUT2D eigenvalue weighted by atomic mass is 10.1. The first kappa shape index (κ1) is 17.7. The molecule has 1 fully saturated rings. The quantitative estimate of drug-likeness (QED) is 0.906. The van der Waals surface area contributed by atoms with Crippen LogP contribution in [-0.2, 0) is 0 Å². The zero-order chi connectivity index (χ0) is 14.5. The number of nitrogens with zero attached hydrogens (tertiary/aromatic N) is 1. The molecule has 7 heteroatoms. The predicted molar refractivity (Wildman–Crippen MR) is 78.3 cm³/mol. The fraction of sp³-hybridized carbons (Fsp3) is 0.500. The SMILES string of the molecule is CNCC1CCN(C(=O)c2cccc(OC(F)F)c2)C1.Cl. The first-order chi connectivity index (χ1) is 9.60. The Balaban J connectivity index is 0.00000220. The summed E-state index contributed by atoms with van der Waals surface area (Å²) < 4.78 is 28.6. The highest BCUT2D eigenvalue weighted by molar-refractivity contribution is 5.94. The average molecular weight is 321 g/mol. The third-order valence-corrected chi connectivity index (χ3v) is 3.37. The van der Waals surface area contributed by atoms with Crippen molar-refractivity contribution >= 4 is 18.3 Å². The number of amides is 1. The molecule has 1 heterocycles. The average Bonchev–Trinajstić information content (AvgIpc) is 2.86. The van der Waals surface area contributed by atoms with Gasteiger partial charge in [-0.05, 0) is 44.1 Å². The van der Waals surface area contributed by atoms with Gasteiger partial charge >= 0.3 is 6.61 Å². The number of ether oxygens (including phenoxy) is 1. The van der Waals surface area contributed by atoms with Crippen molar-refractivity contribution in [2.45, 2.75) is 13.0 Å². The van der Waals surface area contributed by atoms with Crippen LogP contribution in [0.4, 0.5) is 8.78 Å². The molecule has 1 unspecified atom stereocenters. The Morgan fingerprint density at radius 2 is 2.29 bits per heavy atom. The summed E-state index contributed by atoms with van der Waals surface area (Å²) in [6, 6.07) is 5.94. The lowest BCUT2D eigenvalue weighted by Crippen LogP contribution is -2.30. The molecule has 4 nitrogen and oxygen atoms in total. The summed E-state index contributed by atoms with van der Waals surface area (Å²) in [5, 5.41) is 3.10. The highest BCUT2D eigenvalue weighted by Crippen LogP contribution is 2.21. The Kier molecular flexibility index (Phi) is 6.84. The number of benzene rings is 1. The van der Waals surface area contributed by atoms with Crippen LogP contribution in [0.2, 0.25) is 0 Å². The number of nitrogens with one attached hydrogen (secondary N) is 1. The lowest BCUT2D eigenvalue weighted by Gasteiger charge is -2.17. The van der Waals surface area contributed by atoms with Crippen molar-refractivity contribution in [3.63, 3.8) is 0 Å². The molecule has 118 valence electrons. The van der Waals surface area contributed by atoms with Gasteiger partial charge in [-0.25, -0.2) is 0 Å². The monoisotopic (exact) mass is 320 g/mol. The minimum Gasteiger partial charge on any atom is -0.435 e. The van der Waals surface area contributed by atoms with Gasteiger partial charge in [-0.1, -0.05) is 6.07 Å². The predicted octanol–water partition coefficient (Wildman–Crippen LogP) is 2.39. The number of rotatable bonds is 5. The number of alkyl halides is 2. The maximum absolute atomic E-state index is 12.3. The first-order valence-corrected chi connectivity index (χ1v) is 6.59. The van der Waals surface area contributed by atoms with E-state index in [1.807, 2.05) is 7.05 Å². The van der Waals surface area contributed by atoms with E-state index in [-0.39, 0.29) is 24.1 Å². The van der Waals surface area contributed by atoms with Crippen LogP contribution in [0, 0.1) is 5.92 Å². The Morgan fingerprint density at radius 3 is 2.95 bits per heavy atom. The molecule has 1 amide bonds. The molecule has 0 bridgehead atoms. The van der Waals surface area contributed by atoms with E-state index in [1.54, 1.807) is 17.0 Å². The summed E-state index contributed by atoms with van der Waals surface area (Å²) in [5.41, 5.74) is 0.383. The molecule has 0 aromatic heterocycles. The summed E-state index contributed by atoms with van der Waals surface area (Å²) in [6.07, 6.45) is 0.958. The van der Waals surface area contributed by atoms with E-state index >= 15 is 0 Å². The van der Waals surface area contributed by atoms with Crippen LogP contribution in [0.5, 0.6) is 5.75 Å². The van der Waals surface area contributed by atoms with Gasteiger partial charge in [0.05, 0.1) is 0 Å². The van der Waals surface area contributed by atoms with Gasteiger partial charge in [-0.2, -0.15) is 8.78 Å². The molecular weight excluding hydrogens is 302 g/mol. The van der Waals surface area contributed by atoms with Crippen LogP contribution in [-0.4, -0.2) is 44.1 Å². The molecule has 1 aliphatic heterocycles. The first-order valence-electron chi connectivity index (χ1n) is 6.59. The molecule has 1 saturated heterocycles. The molecule has 1 aromatic carbocycles. The fourth-order valence-electron chi connectivity index (χ4n) is 2.46. The van der Waals surface area contributed by atoms with E-state index in [0.717, 1.165) is 13.0 Å². The number of hydrogen-bond donors (Lipinski definition) is 1.